The van der Waals surface area contributed by atoms with E-state index in [1.807, 2.05) is 39.0 Å². The number of hydrogen-bond donors (Lipinski definition) is 2. The largest absolute Gasteiger partial charge is 0.493 e. The average molecular weight is 309 g/mol. The quantitative estimate of drug-likeness (QED) is 0.598. The molecule has 0 aromatic heterocycles. The van der Waals surface area contributed by atoms with Gasteiger partial charge in [-0.25, -0.2) is 0 Å². The van der Waals surface area contributed by atoms with Crippen LogP contribution in [0, 0.1) is 0 Å². The summed E-state index contributed by atoms with van der Waals surface area (Å²) in [6.45, 7) is 7.33. The van der Waals surface area contributed by atoms with E-state index in [1.165, 1.54) is 0 Å². The Kier molecular flexibility index (Phi) is 6.98. The minimum absolute atomic E-state index is 0.306. The third-order valence-electron chi connectivity index (χ3n) is 3.16. The van der Waals surface area contributed by atoms with Crippen molar-refractivity contribution < 1.29 is 14.2 Å². The second-order valence-electron chi connectivity index (χ2n) is 5.35. The van der Waals surface area contributed by atoms with Crippen molar-refractivity contribution in [3.8, 4) is 11.5 Å². The van der Waals surface area contributed by atoms with E-state index in [2.05, 4.69) is 15.6 Å². The lowest BCUT2D eigenvalue weighted by Gasteiger charge is -2.21. The molecule has 0 unspecified atom stereocenters. The van der Waals surface area contributed by atoms with Crippen molar-refractivity contribution >= 4 is 11.6 Å². The second-order valence-corrected chi connectivity index (χ2v) is 5.35. The zero-order valence-corrected chi connectivity index (χ0v) is 14.3. The van der Waals surface area contributed by atoms with E-state index in [-0.39, 0.29) is 5.60 Å². The molecule has 0 aliphatic carbocycles. The summed E-state index contributed by atoms with van der Waals surface area (Å²) in [6.07, 6.45) is 0. The summed E-state index contributed by atoms with van der Waals surface area (Å²) in [5, 5.41) is 6.46. The molecule has 124 valence electrons. The third kappa shape index (κ3) is 5.44. The highest BCUT2D eigenvalue weighted by molar-refractivity contribution is 5.93. The number of benzene rings is 1. The van der Waals surface area contributed by atoms with Gasteiger partial charge in [-0.05, 0) is 32.9 Å². The number of anilines is 1. The first-order valence-corrected chi connectivity index (χ1v) is 7.28. The average Bonchev–Trinajstić information content (AvgIpc) is 2.52. The molecular formula is C16H27N3O3. The van der Waals surface area contributed by atoms with Crippen LogP contribution >= 0.6 is 0 Å². The Morgan fingerprint density at radius 3 is 2.36 bits per heavy atom. The van der Waals surface area contributed by atoms with Gasteiger partial charge in [0.05, 0.1) is 26.4 Å². The molecule has 2 N–H and O–H groups in total. The zero-order valence-electron chi connectivity index (χ0n) is 14.3. The number of aliphatic imine (C=N–C) groups is 1. The second kappa shape index (κ2) is 8.48. The van der Waals surface area contributed by atoms with Gasteiger partial charge in [-0.3, -0.25) is 4.99 Å². The molecule has 0 saturated heterocycles. The molecule has 0 bridgehead atoms. The van der Waals surface area contributed by atoms with Crippen molar-refractivity contribution in [1.29, 1.82) is 0 Å². The topological polar surface area (TPSA) is 64.1 Å². The summed E-state index contributed by atoms with van der Waals surface area (Å²) < 4.78 is 15.9. The fourth-order valence-corrected chi connectivity index (χ4v) is 1.69. The molecule has 0 radical (unpaired) electrons. The molecule has 0 saturated carbocycles. The molecule has 22 heavy (non-hydrogen) atoms. The van der Waals surface area contributed by atoms with E-state index in [1.54, 1.807) is 21.3 Å². The molecule has 0 fully saturated rings. The summed E-state index contributed by atoms with van der Waals surface area (Å²) in [5.74, 6) is 2.05. The SMILES string of the molecule is CCNC(=NCC(C)(C)OC)Nc1ccc(OC)c(OC)c1. The van der Waals surface area contributed by atoms with Gasteiger partial charge < -0.3 is 24.8 Å². The van der Waals surface area contributed by atoms with Crippen molar-refractivity contribution in [2.24, 2.45) is 4.99 Å². The summed E-state index contributed by atoms with van der Waals surface area (Å²) in [4.78, 5) is 4.55. The van der Waals surface area contributed by atoms with Crippen LogP contribution in [0.4, 0.5) is 5.69 Å². The number of rotatable bonds is 7. The van der Waals surface area contributed by atoms with Crippen LogP contribution in [0.2, 0.25) is 0 Å². The number of methoxy groups -OCH3 is 3. The van der Waals surface area contributed by atoms with Crippen LogP contribution in [0.5, 0.6) is 11.5 Å². The molecule has 0 heterocycles. The van der Waals surface area contributed by atoms with Crippen LogP contribution in [-0.4, -0.2) is 46.0 Å². The van der Waals surface area contributed by atoms with Crippen molar-refractivity contribution in [2.75, 3.05) is 39.7 Å². The lowest BCUT2D eigenvalue weighted by molar-refractivity contribution is 0.0311. The van der Waals surface area contributed by atoms with Gasteiger partial charge in [0, 0.05) is 25.4 Å². The number of nitrogens with one attached hydrogen (secondary N) is 2. The predicted octanol–water partition coefficient (Wildman–Crippen LogP) is 2.51. The molecule has 0 amide bonds. The van der Waals surface area contributed by atoms with Gasteiger partial charge >= 0.3 is 0 Å². The predicted molar refractivity (Wildman–Crippen MR) is 90.2 cm³/mol. The molecule has 1 aromatic carbocycles. The summed E-state index contributed by atoms with van der Waals surface area (Å²) in [6, 6.07) is 5.63. The standard InChI is InChI=1S/C16H27N3O3/c1-7-17-15(18-11-16(2,3)22-6)19-12-8-9-13(20-4)14(10-12)21-5/h8-10H,7,11H2,1-6H3,(H2,17,18,19). The van der Waals surface area contributed by atoms with Gasteiger partial charge in [-0.1, -0.05) is 0 Å². The first-order chi connectivity index (χ1) is 10.5. The summed E-state index contributed by atoms with van der Waals surface area (Å²) in [5.41, 5.74) is 0.563. The van der Waals surface area contributed by atoms with E-state index in [4.69, 9.17) is 14.2 Å². The fourth-order valence-electron chi connectivity index (χ4n) is 1.69. The first kappa shape index (κ1) is 18.1. The van der Waals surface area contributed by atoms with Crippen molar-refractivity contribution in [2.45, 2.75) is 26.4 Å². The smallest absolute Gasteiger partial charge is 0.195 e. The van der Waals surface area contributed by atoms with E-state index < -0.39 is 0 Å². The van der Waals surface area contributed by atoms with Gasteiger partial charge in [-0.15, -0.1) is 0 Å². The summed E-state index contributed by atoms with van der Waals surface area (Å²) in [7, 11) is 4.91. The molecule has 0 aliphatic heterocycles. The molecule has 0 atom stereocenters. The molecule has 0 aliphatic rings. The maximum absolute atomic E-state index is 5.38. The van der Waals surface area contributed by atoms with Gasteiger partial charge in [-0.2, -0.15) is 0 Å². The Morgan fingerprint density at radius 2 is 1.82 bits per heavy atom. The minimum Gasteiger partial charge on any atom is -0.493 e. The maximum atomic E-state index is 5.38. The minimum atomic E-state index is -0.306. The molecular weight excluding hydrogens is 282 g/mol. The Bertz CT molecular complexity index is 501. The van der Waals surface area contributed by atoms with E-state index in [0.29, 0.717) is 24.0 Å². The van der Waals surface area contributed by atoms with Crippen LogP contribution in [-0.2, 0) is 4.74 Å². The summed E-state index contributed by atoms with van der Waals surface area (Å²) >= 11 is 0. The zero-order chi connectivity index (χ0) is 16.6. The van der Waals surface area contributed by atoms with Gasteiger partial charge in [0.25, 0.3) is 0 Å². The monoisotopic (exact) mass is 309 g/mol. The number of guanidine groups is 1. The first-order valence-electron chi connectivity index (χ1n) is 7.28. The molecule has 6 heteroatoms. The Hall–Kier alpha value is -1.95. The van der Waals surface area contributed by atoms with Crippen molar-refractivity contribution in [1.82, 2.24) is 5.32 Å². The van der Waals surface area contributed by atoms with E-state index in [9.17, 15) is 0 Å². The van der Waals surface area contributed by atoms with E-state index in [0.717, 1.165) is 12.2 Å². The highest BCUT2D eigenvalue weighted by atomic mass is 16.5. The van der Waals surface area contributed by atoms with Gasteiger partial charge in [0.1, 0.15) is 0 Å². The molecule has 1 aromatic rings. The lowest BCUT2D eigenvalue weighted by atomic mass is 10.1. The van der Waals surface area contributed by atoms with Crippen molar-refractivity contribution in [3.05, 3.63) is 18.2 Å². The van der Waals surface area contributed by atoms with Crippen LogP contribution in [0.25, 0.3) is 0 Å². The van der Waals surface area contributed by atoms with Crippen LogP contribution in [0.1, 0.15) is 20.8 Å². The highest BCUT2D eigenvalue weighted by Gasteiger charge is 2.16. The molecule has 1 rings (SSSR count). The number of hydrogen-bond acceptors (Lipinski definition) is 4. The normalized spacial score (nSPS) is 12.0. The molecule has 6 nitrogen and oxygen atoms in total. The third-order valence-corrected chi connectivity index (χ3v) is 3.16. The Labute approximate surface area is 132 Å². The Balaban J connectivity index is 2.89. The highest BCUT2D eigenvalue weighted by Crippen LogP contribution is 2.29. The van der Waals surface area contributed by atoms with Crippen LogP contribution in [0.15, 0.2) is 23.2 Å². The van der Waals surface area contributed by atoms with Crippen molar-refractivity contribution in [3.63, 3.8) is 0 Å². The maximum Gasteiger partial charge on any atom is 0.195 e. The number of nitrogens with zero attached hydrogens (tertiary/aromatic N) is 1. The number of ether oxygens (including phenoxy) is 3. The van der Waals surface area contributed by atoms with Gasteiger partial charge in [0.2, 0.25) is 0 Å². The van der Waals surface area contributed by atoms with E-state index >= 15 is 0 Å². The van der Waals surface area contributed by atoms with Gasteiger partial charge in [0.15, 0.2) is 17.5 Å². The fraction of sp³-hybridized carbons (Fsp3) is 0.562. The lowest BCUT2D eigenvalue weighted by Crippen LogP contribution is -2.34. The molecule has 0 spiro atoms. The Morgan fingerprint density at radius 1 is 1.14 bits per heavy atom. The van der Waals surface area contributed by atoms with Crippen LogP contribution < -0.4 is 20.1 Å². The van der Waals surface area contributed by atoms with Crippen LogP contribution in [0.3, 0.4) is 0 Å².